The first-order valence-electron chi connectivity index (χ1n) is 6.82. The fraction of sp³-hybridized carbons (Fsp3) is 0.933. The van der Waals surface area contributed by atoms with Crippen LogP contribution in [0.5, 0.6) is 0 Å². The lowest BCUT2D eigenvalue weighted by molar-refractivity contribution is -0.129. The standard InChI is InChI=1S/C15H29NO2/c1-13(2,10-17)12(18)11-8-14(3,4)16(7)15(5,6)9-11/h10-12,18H,8-9H2,1-7H3. The van der Waals surface area contributed by atoms with Crippen molar-refractivity contribution in [2.75, 3.05) is 7.05 Å². The molecule has 0 saturated carbocycles. The smallest absolute Gasteiger partial charge is 0.128 e. The predicted octanol–water partition coefficient (Wildman–Crippen LogP) is 2.47. The first kappa shape index (κ1) is 15.6. The lowest BCUT2D eigenvalue weighted by Crippen LogP contribution is -2.61. The number of rotatable bonds is 3. The van der Waals surface area contributed by atoms with E-state index in [1.807, 2.05) is 13.8 Å². The molecular weight excluding hydrogens is 226 g/mol. The van der Waals surface area contributed by atoms with Crippen LogP contribution >= 0.6 is 0 Å². The monoisotopic (exact) mass is 255 g/mol. The van der Waals surface area contributed by atoms with Gasteiger partial charge >= 0.3 is 0 Å². The van der Waals surface area contributed by atoms with E-state index in [1.165, 1.54) is 0 Å². The van der Waals surface area contributed by atoms with Crippen molar-refractivity contribution in [1.29, 1.82) is 0 Å². The van der Waals surface area contributed by atoms with Gasteiger partial charge in [0, 0.05) is 16.5 Å². The second-order valence-electron chi connectivity index (χ2n) is 7.74. The summed E-state index contributed by atoms with van der Waals surface area (Å²) in [6, 6.07) is 0. The third-order valence-corrected chi connectivity index (χ3v) is 4.85. The number of aldehydes is 1. The minimum Gasteiger partial charge on any atom is -0.392 e. The Labute approximate surface area is 112 Å². The van der Waals surface area contributed by atoms with Crippen molar-refractivity contribution in [3.05, 3.63) is 0 Å². The number of likely N-dealkylation sites (tertiary alicyclic amines) is 1. The molecule has 0 aliphatic carbocycles. The number of aliphatic hydroxyl groups is 1. The number of carbonyl (C=O) groups excluding carboxylic acids is 1. The fourth-order valence-corrected chi connectivity index (χ4v) is 3.35. The number of hydrogen-bond donors (Lipinski definition) is 1. The molecule has 0 spiro atoms. The largest absolute Gasteiger partial charge is 0.392 e. The van der Waals surface area contributed by atoms with Crippen molar-refractivity contribution in [2.24, 2.45) is 11.3 Å². The van der Waals surface area contributed by atoms with Gasteiger partial charge in [0.15, 0.2) is 0 Å². The first-order valence-corrected chi connectivity index (χ1v) is 6.82. The Morgan fingerprint density at radius 1 is 1.22 bits per heavy atom. The molecule has 0 amide bonds. The molecule has 0 bridgehead atoms. The summed E-state index contributed by atoms with van der Waals surface area (Å²) in [5, 5.41) is 10.5. The SMILES string of the molecule is CN1C(C)(C)CC(C(O)C(C)(C)C=O)CC1(C)C. The van der Waals surface area contributed by atoms with Crippen LogP contribution in [0.1, 0.15) is 54.4 Å². The Hall–Kier alpha value is -0.410. The third-order valence-electron chi connectivity index (χ3n) is 4.85. The summed E-state index contributed by atoms with van der Waals surface area (Å²) in [6.45, 7) is 12.5. The molecule has 1 aliphatic heterocycles. The molecule has 1 fully saturated rings. The molecule has 0 aromatic heterocycles. The molecule has 0 radical (unpaired) electrons. The molecule has 3 nitrogen and oxygen atoms in total. The van der Waals surface area contributed by atoms with Crippen molar-refractivity contribution in [3.8, 4) is 0 Å². The number of nitrogens with zero attached hydrogens (tertiary/aromatic N) is 1. The zero-order valence-corrected chi connectivity index (χ0v) is 12.9. The van der Waals surface area contributed by atoms with Crippen molar-refractivity contribution in [2.45, 2.75) is 71.6 Å². The molecule has 1 atom stereocenters. The number of hydrogen-bond acceptors (Lipinski definition) is 3. The summed E-state index contributed by atoms with van der Waals surface area (Å²) < 4.78 is 0. The highest BCUT2D eigenvalue weighted by Gasteiger charge is 2.47. The summed E-state index contributed by atoms with van der Waals surface area (Å²) in [5.41, 5.74) is -0.564. The molecular formula is C15H29NO2. The third kappa shape index (κ3) is 2.77. The summed E-state index contributed by atoms with van der Waals surface area (Å²) in [5.74, 6) is 0.173. The number of aliphatic hydroxyl groups excluding tert-OH is 1. The number of piperidine rings is 1. The van der Waals surface area contributed by atoms with E-state index in [0.29, 0.717) is 0 Å². The molecule has 1 unspecified atom stereocenters. The molecule has 106 valence electrons. The van der Waals surface area contributed by atoms with E-state index in [9.17, 15) is 9.90 Å². The lowest BCUT2D eigenvalue weighted by Gasteiger charge is -2.55. The van der Waals surface area contributed by atoms with E-state index < -0.39 is 11.5 Å². The maximum absolute atomic E-state index is 11.1. The van der Waals surface area contributed by atoms with Crippen LogP contribution < -0.4 is 0 Å². The Balaban J connectivity index is 2.97. The van der Waals surface area contributed by atoms with Crippen LogP contribution in [0.25, 0.3) is 0 Å². The Morgan fingerprint density at radius 2 is 1.61 bits per heavy atom. The van der Waals surface area contributed by atoms with Crippen molar-refractivity contribution in [3.63, 3.8) is 0 Å². The van der Waals surface area contributed by atoms with Crippen molar-refractivity contribution >= 4 is 6.29 Å². The molecule has 1 N–H and O–H groups in total. The summed E-state index contributed by atoms with van der Waals surface area (Å²) in [4.78, 5) is 13.5. The normalized spacial score (nSPS) is 26.9. The molecule has 0 aromatic carbocycles. The van der Waals surface area contributed by atoms with E-state index in [4.69, 9.17) is 0 Å². The van der Waals surface area contributed by atoms with Crippen LogP contribution in [0.15, 0.2) is 0 Å². The van der Waals surface area contributed by atoms with Gasteiger partial charge in [0.1, 0.15) is 6.29 Å². The topological polar surface area (TPSA) is 40.5 Å². The second kappa shape index (κ2) is 4.61. The minimum absolute atomic E-state index is 0.0480. The average Bonchev–Trinajstić information content (AvgIpc) is 2.23. The maximum Gasteiger partial charge on any atom is 0.128 e. The van der Waals surface area contributed by atoms with Gasteiger partial charge in [-0.3, -0.25) is 4.90 Å². The van der Waals surface area contributed by atoms with Crippen LogP contribution in [0.2, 0.25) is 0 Å². The van der Waals surface area contributed by atoms with E-state index in [2.05, 4.69) is 39.6 Å². The highest BCUT2D eigenvalue weighted by Crippen LogP contribution is 2.43. The quantitative estimate of drug-likeness (QED) is 0.788. The van der Waals surface area contributed by atoms with Gasteiger partial charge in [0.25, 0.3) is 0 Å². The van der Waals surface area contributed by atoms with Crippen LogP contribution in [0, 0.1) is 11.3 Å². The maximum atomic E-state index is 11.1. The molecule has 1 aliphatic rings. The second-order valence-corrected chi connectivity index (χ2v) is 7.74. The number of carbonyl (C=O) groups is 1. The van der Waals surface area contributed by atoms with Crippen molar-refractivity contribution < 1.29 is 9.90 Å². The van der Waals surface area contributed by atoms with Crippen LogP contribution in [-0.4, -0.2) is 40.5 Å². The zero-order valence-electron chi connectivity index (χ0n) is 12.9. The summed E-state index contributed by atoms with van der Waals surface area (Å²) >= 11 is 0. The molecule has 0 aromatic rings. The summed E-state index contributed by atoms with van der Waals surface area (Å²) in [7, 11) is 2.15. The molecule has 1 rings (SSSR count). The van der Waals surface area contributed by atoms with Gasteiger partial charge in [-0.25, -0.2) is 0 Å². The molecule has 1 saturated heterocycles. The first-order chi connectivity index (χ1) is 7.94. The van der Waals surface area contributed by atoms with E-state index in [-0.39, 0.29) is 17.0 Å². The molecule has 1 heterocycles. The highest BCUT2D eigenvalue weighted by molar-refractivity contribution is 5.59. The molecule has 18 heavy (non-hydrogen) atoms. The Bertz CT molecular complexity index is 302. The van der Waals surface area contributed by atoms with Crippen LogP contribution in [0.3, 0.4) is 0 Å². The van der Waals surface area contributed by atoms with Gasteiger partial charge in [-0.05, 0) is 53.5 Å². The minimum atomic E-state index is -0.660. The summed E-state index contributed by atoms with van der Waals surface area (Å²) in [6.07, 6.45) is 2.16. The Kier molecular flexibility index (Phi) is 4.00. The highest BCUT2D eigenvalue weighted by atomic mass is 16.3. The van der Waals surface area contributed by atoms with Crippen molar-refractivity contribution in [1.82, 2.24) is 4.90 Å². The average molecular weight is 255 g/mol. The predicted molar refractivity (Wildman–Crippen MR) is 74.5 cm³/mol. The van der Waals surface area contributed by atoms with Gasteiger partial charge in [-0.15, -0.1) is 0 Å². The molecule has 3 heteroatoms. The fourth-order valence-electron chi connectivity index (χ4n) is 3.35. The zero-order chi connectivity index (χ0) is 14.4. The van der Waals surface area contributed by atoms with E-state index >= 15 is 0 Å². The van der Waals surface area contributed by atoms with Crippen LogP contribution in [0.4, 0.5) is 0 Å². The lowest BCUT2D eigenvalue weighted by atomic mass is 9.67. The van der Waals surface area contributed by atoms with Gasteiger partial charge < -0.3 is 9.90 Å². The van der Waals surface area contributed by atoms with Gasteiger partial charge in [0.05, 0.1) is 6.10 Å². The van der Waals surface area contributed by atoms with E-state index in [1.54, 1.807) is 0 Å². The Morgan fingerprint density at radius 3 is 1.94 bits per heavy atom. The van der Waals surface area contributed by atoms with Gasteiger partial charge in [-0.1, -0.05) is 13.8 Å². The van der Waals surface area contributed by atoms with Gasteiger partial charge in [-0.2, -0.15) is 0 Å². The van der Waals surface area contributed by atoms with Gasteiger partial charge in [0.2, 0.25) is 0 Å². The van der Waals surface area contributed by atoms with Crippen LogP contribution in [-0.2, 0) is 4.79 Å². The van der Waals surface area contributed by atoms with E-state index in [0.717, 1.165) is 19.1 Å².